The highest BCUT2D eigenvalue weighted by atomic mass is 32.2. The molecule has 44 heavy (non-hydrogen) atoms. The van der Waals surface area contributed by atoms with Crippen LogP contribution in [0.1, 0.15) is 37.4 Å². The van der Waals surface area contributed by atoms with Crippen molar-refractivity contribution in [2.75, 3.05) is 61.6 Å². The number of rotatable bonds is 16. The Balaban J connectivity index is 1.38. The molecular weight excluding hydrogens is 574 g/mol. The molecular formula is C35H47N3O5S. The Bertz CT molecular complexity index is 1630. The lowest BCUT2D eigenvalue weighted by Crippen LogP contribution is -2.23. The van der Waals surface area contributed by atoms with Gasteiger partial charge in [0.2, 0.25) is 9.84 Å². The minimum Gasteiger partial charge on any atom is -0.494 e. The van der Waals surface area contributed by atoms with Crippen LogP contribution in [0.5, 0.6) is 17.2 Å². The number of sulfone groups is 1. The average Bonchev–Trinajstić information content (AvgIpc) is 3.36. The predicted octanol–water partition coefficient (Wildman–Crippen LogP) is 6.12. The number of hydrogen-bond acceptors (Lipinski definition) is 7. The fourth-order valence-corrected chi connectivity index (χ4v) is 7.33. The monoisotopic (exact) mass is 621 g/mol. The predicted molar refractivity (Wildman–Crippen MR) is 177 cm³/mol. The quantitative estimate of drug-likeness (QED) is 0.140. The standard InChI is InChI=1S/C35H47N3O5S/c1-26(2)34-35(30-11-8-9-12-31(30)38(34)23-22-36(3)4)44(39,40)29-16-14-28(15-17-29)43-24-10-20-37(5)21-19-27-13-18-32(41-6)33(25-27)42-7/h8-9,11-18,25-26H,10,19-24H2,1-7H3. The molecule has 0 atom stereocenters. The third-order valence-corrected chi connectivity index (χ3v) is 9.73. The number of aromatic nitrogens is 1. The van der Waals surface area contributed by atoms with E-state index < -0.39 is 9.84 Å². The van der Waals surface area contributed by atoms with Gasteiger partial charge < -0.3 is 28.6 Å². The molecule has 0 radical (unpaired) electrons. The Kier molecular flexibility index (Phi) is 11.4. The van der Waals surface area contributed by atoms with Crippen molar-refractivity contribution < 1.29 is 22.6 Å². The summed E-state index contributed by atoms with van der Waals surface area (Å²) in [4.78, 5) is 5.07. The maximum atomic E-state index is 14.1. The first-order chi connectivity index (χ1) is 21.1. The molecule has 1 heterocycles. The highest BCUT2D eigenvalue weighted by molar-refractivity contribution is 7.91. The Labute approximate surface area is 263 Å². The van der Waals surface area contributed by atoms with E-state index >= 15 is 0 Å². The Hall–Kier alpha value is -3.53. The van der Waals surface area contributed by atoms with Crippen LogP contribution in [0.15, 0.2) is 76.5 Å². The largest absolute Gasteiger partial charge is 0.494 e. The van der Waals surface area contributed by atoms with Gasteiger partial charge >= 0.3 is 0 Å². The summed E-state index contributed by atoms with van der Waals surface area (Å²) in [5.74, 6) is 2.17. The van der Waals surface area contributed by atoms with Gasteiger partial charge in [-0.2, -0.15) is 0 Å². The van der Waals surface area contributed by atoms with E-state index in [1.165, 1.54) is 5.56 Å². The summed E-state index contributed by atoms with van der Waals surface area (Å²) in [6.07, 6.45) is 1.76. The lowest BCUT2D eigenvalue weighted by Gasteiger charge is -2.18. The molecule has 0 aliphatic rings. The summed E-state index contributed by atoms with van der Waals surface area (Å²) >= 11 is 0. The van der Waals surface area contributed by atoms with Gasteiger partial charge in [-0.1, -0.05) is 38.1 Å². The molecule has 0 aliphatic carbocycles. The summed E-state index contributed by atoms with van der Waals surface area (Å²) in [5, 5.41) is 0.769. The second-order valence-electron chi connectivity index (χ2n) is 11.8. The van der Waals surface area contributed by atoms with Gasteiger partial charge in [-0.3, -0.25) is 0 Å². The average molecular weight is 622 g/mol. The van der Waals surface area contributed by atoms with Crippen molar-refractivity contribution in [3.63, 3.8) is 0 Å². The van der Waals surface area contributed by atoms with E-state index in [2.05, 4.69) is 41.3 Å². The molecule has 9 heteroatoms. The van der Waals surface area contributed by atoms with Crippen molar-refractivity contribution in [2.45, 2.75) is 48.9 Å². The first kappa shape index (κ1) is 33.4. The van der Waals surface area contributed by atoms with E-state index in [0.29, 0.717) is 17.3 Å². The molecule has 0 saturated heterocycles. The van der Waals surface area contributed by atoms with Crippen molar-refractivity contribution in [1.82, 2.24) is 14.4 Å². The minimum absolute atomic E-state index is 0.0362. The van der Waals surface area contributed by atoms with Crippen LogP contribution in [0.25, 0.3) is 10.9 Å². The molecule has 0 saturated carbocycles. The summed E-state index contributed by atoms with van der Waals surface area (Å²) in [6, 6.07) is 20.7. The van der Waals surface area contributed by atoms with E-state index in [-0.39, 0.29) is 10.8 Å². The van der Waals surface area contributed by atoms with Gasteiger partial charge in [0.1, 0.15) is 10.6 Å². The molecule has 0 fully saturated rings. The normalized spacial score (nSPS) is 12.0. The van der Waals surface area contributed by atoms with Crippen molar-refractivity contribution in [3.8, 4) is 17.2 Å². The van der Waals surface area contributed by atoms with Crippen LogP contribution >= 0.6 is 0 Å². The molecule has 0 unspecified atom stereocenters. The van der Waals surface area contributed by atoms with Crippen LogP contribution in [-0.4, -0.2) is 84.4 Å². The second-order valence-corrected chi connectivity index (χ2v) is 13.6. The van der Waals surface area contributed by atoms with Gasteiger partial charge in [0.05, 0.1) is 25.7 Å². The van der Waals surface area contributed by atoms with Crippen LogP contribution in [0.2, 0.25) is 0 Å². The molecule has 0 bridgehead atoms. The molecule has 3 aromatic carbocycles. The highest BCUT2D eigenvalue weighted by Gasteiger charge is 2.30. The van der Waals surface area contributed by atoms with Crippen LogP contribution in [-0.2, 0) is 22.8 Å². The van der Waals surface area contributed by atoms with Gasteiger partial charge in [0.25, 0.3) is 0 Å². The topological polar surface area (TPSA) is 73.2 Å². The number of methoxy groups -OCH3 is 2. The van der Waals surface area contributed by atoms with Gasteiger partial charge in [0, 0.05) is 42.8 Å². The van der Waals surface area contributed by atoms with Crippen molar-refractivity contribution in [1.29, 1.82) is 0 Å². The highest BCUT2D eigenvalue weighted by Crippen LogP contribution is 2.38. The third-order valence-electron chi connectivity index (χ3n) is 7.87. The lowest BCUT2D eigenvalue weighted by molar-refractivity contribution is 0.264. The maximum Gasteiger partial charge on any atom is 0.209 e. The van der Waals surface area contributed by atoms with Crippen LogP contribution < -0.4 is 14.2 Å². The molecule has 0 spiro atoms. The fourth-order valence-electron chi connectivity index (χ4n) is 5.51. The first-order valence-corrected chi connectivity index (χ1v) is 16.7. The van der Waals surface area contributed by atoms with Gasteiger partial charge in [0.15, 0.2) is 11.5 Å². The van der Waals surface area contributed by atoms with Gasteiger partial charge in [-0.15, -0.1) is 0 Å². The fraction of sp³-hybridized carbons (Fsp3) is 0.429. The third kappa shape index (κ3) is 7.75. The molecule has 8 nitrogen and oxygen atoms in total. The number of nitrogens with zero attached hydrogens (tertiary/aromatic N) is 3. The Morgan fingerprint density at radius 2 is 1.55 bits per heavy atom. The zero-order valence-electron chi connectivity index (χ0n) is 27.2. The van der Waals surface area contributed by atoms with E-state index in [1.54, 1.807) is 38.5 Å². The summed E-state index contributed by atoms with van der Waals surface area (Å²) in [7, 11) is 5.69. The Morgan fingerprint density at radius 1 is 0.841 bits per heavy atom. The van der Waals surface area contributed by atoms with Crippen molar-refractivity contribution in [2.24, 2.45) is 0 Å². The number of ether oxygens (including phenoxy) is 3. The first-order valence-electron chi connectivity index (χ1n) is 15.2. The summed E-state index contributed by atoms with van der Waals surface area (Å²) in [6.45, 7) is 7.99. The maximum absolute atomic E-state index is 14.1. The van der Waals surface area contributed by atoms with Crippen LogP contribution in [0.3, 0.4) is 0 Å². The molecule has 0 N–H and O–H groups in total. The van der Waals surface area contributed by atoms with Crippen LogP contribution in [0.4, 0.5) is 0 Å². The lowest BCUT2D eigenvalue weighted by atomic mass is 10.1. The number of benzene rings is 3. The van der Waals surface area contributed by atoms with Crippen LogP contribution in [0, 0.1) is 0 Å². The summed E-state index contributed by atoms with van der Waals surface area (Å²) in [5.41, 5.74) is 2.99. The van der Waals surface area contributed by atoms with E-state index in [1.807, 2.05) is 50.5 Å². The smallest absolute Gasteiger partial charge is 0.209 e. The second kappa shape index (κ2) is 15.0. The molecule has 238 valence electrons. The minimum atomic E-state index is -3.76. The molecule has 0 amide bonds. The van der Waals surface area contributed by atoms with Crippen molar-refractivity contribution >= 4 is 20.7 Å². The molecule has 0 aliphatic heterocycles. The van der Waals surface area contributed by atoms with Gasteiger partial charge in [-0.25, -0.2) is 8.42 Å². The molecule has 1 aromatic heterocycles. The van der Waals surface area contributed by atoms with E-state index in [4.69, 9.17) is 14.2 Å². The number of hydrogen-bond donors (Lipinski definition) is 0. The van der Waals surface area contributed by atoms with E-state index in [9.17, 15) is 8.42 Å². The number of para-hydroxylation sites is 1. The number of fused-ring (bicyclic) bond motifs is 1. The van der Waals surface area contributed by atoms with Crippen molar-refractivity contribution in [3.05, 3.63) is 78.0 Å². The molecule has 4 aromatic rings. The Morgan fingerprint density at radius 3 is 2.20 bits per heavy atom. The SMILES string of the molecule is COc1ccc(CCN(C)CCCOc2ccc(S(=O)(=O)c3c(C(C)C)n(CCN(C)C)c4ccccc34)cc2)cc1OC. The zero-order valence-corrected chi connectivity index (χ0v) is 28.0. The van der Waals surface area contributed by atoms with Gasteiger partial charge in [-0.05, 0) is 87.9 Å². The zero-order chi connectivity index (χ0) is 31.9. The van der Waals surface area contributed by atoms with E-state index in [0.717, 1.165) is 67.1 Å². The molecule has 4 rings (SSSR count). The summed E-state index contributed by atoms with van der Waals surface area (Å²) < 4.78 is 47.1. The number of likely N-dealkylation sites (N-methyl/N-ethyl adjacent to an activating group) is 2.